The zero-order valence-corrected chi connectivity index (χ0v) is 8.62. The fourth-order valence-electron chi connectivity index (χ4n) is 1.29. The third-order valence-electron chi connectivity index (χ3n) is 1.97. The lowest BCUT2D eigenvalue weighted by molar-refractivity contribution is 0.819. The number of aromatic nitrogens is 3. The van der Waals surface area contributed by atoms with Crippen molar-refractivity contribution in [3.63, 3.8) is 0 Å². The van der Waals surface area contributed by atoms with Crippen molar-refractivity contribution in [3.05, 3.63) is 23.1 Å². The van der Waals surface area contributed by atoms with Gasteiger partial charge in [0.25, 0.3) is 0 Å². The lowest BCUT2D eigenvalue weighted by Gasteiger charge is -1.96. The van der Waals surface area contributed by atoms with Gasteiger partial charge in [0.2, 0.25) is 0 Å². The molecule has 2 aromatic rings. The Kier molecular flexibility index (Phi) is 2.29. The molecule has 0 bridgehead atoms. The third-order valence-corrected chi connectivity index (χ3v) is 2.30. The second kappa shape index (κ2) is 3.46. The summed E-state index contributed by atoms with van der Waals surface area (Å²) in [5, 5.41) is 4.79. The van der Waals surface area contributed by atoms with E-state index in [0.717, 1.165) is 24.3 Å². The van der Waals surface area contributed by atoms with Gasteiger partial charge >= 0.3 is 0 Å². The molecule has 2 rings (SSSR count). The molecule has 2 aromatic heterocycles. The maximum absolute atomic E-state index is 5.87. The molecule has 2 heterocycles. The van der Waals surface area contributed by atoms with Gasteiger partial charge in [-0.05, 0) is 6.42 Å². The van der Waals surface area contributed by atoms with Crippen LogP contribution in [0.1, 0.15) is 19.2 Å². The molecule has 0 amide bonds. The van der Waals surface area contributed by atoms with Crippen molar-refractivity contribution in [1.82, 2.24) is 14.6 Å². The number of aryl methyl sites for hydroxylation is 1. The first kappa shape index (κ1) is 9.27. The maximum atomic E-state index is 5.87. The number of nitrogens with zero attached hydrogens (tertiary/aromatic N) is 3. The fraction of sp³-hybridized carbons (Fsp3) is 0.333. The highest BCUT2D eigenvalue weighted by Crippen LogP contribution is 2.19. The summed E-state index contributed by atoms with van der Waals surface area (Å²) in [6.45, 7) is 2.09. The zero-order valence-electron chi connectivity index (χ0n) is 7.87. The van der Waals surface area contributed by atoms with E-state index in [0.29, 0.717) is 10.7 Å². The standard InChI is InChI=1S/C9H11ClN4/c1-2-3-8-12-9-4-6(10)7(11)5-14(9)13-8/h4-5H,2-3,11H2,1H3. The molecule has 0 atom stereocenters. The van der Waals surface area contributed by atoms with Crippen LogP contribution in [-0.4, -0.2) is 14.6 Å². The average molecular weight is 211 g/mol. The number of nitrogens with two attached hydrogens (primary N) is 1. The number of fused-ring (bicyclic) bond motifs is 1. The molecule has 0 aliphatic carbocycles. The Morgan fingerprint density at radius 1 is 1.57 bits per heavy atom. The molecule has 0 fully saturated rings. The average Bonchev–Trinajstić information content (AvgIpc) is 2.48. The molecule has 0 aliphatic heterocycles. The van der Waals surface area contributed by atoms with E-state index in [-0.39, 0.29) is 0 Å². The molecule has 0 aromatic carbocycles. The Morgan fingerprint density at radius 3 is 3.07 bits per heavy atom. The van der Waals surface area contributed by atoms with Crippen molar-refractivity contribution in [1.29, 1.82) is 0 Å². The van der Waals surface area contributed by atoms with Gasteiger partial charge in [0.1, 0.15) is 0 Å². The zero-order chi connectivity index (χ0) is 10.1. The lowest BCUT2D eigenvalue weighted by Crippen LogP contribution is -1.93. The SMILES string of the molecule is CCCc1nc2cc(Cl)c(N)cn2n1. The Bertz CT molecular complexity index is 424. The van der Waals surface area contributed by atoms with E-state index < -0.39 is 0 Å². The van der Waals surface area contributed by atoms with E-state index in [1.807, 2.05) is 0 Å². The van der Waals surface area contributed by atoms with Crippen LogP contribution in [0.3, 0.4) is 0 Å². The smallest absolute Gasteiger partial charge is 0.157 e. The molecule has 5 heteroatoms. The molecule has 0 saturated carbocycles. The number of nitrogen functional groups attached to an aromatic ring is 1. The lowest BCUT2D eigenvalue weighted by atomic mass is 10.3. The van der Waals surface area contributed by atoms with Crippen LogP contribution in [0.5, 0.6) is 0 Å². The van der Waals surface area contributed by atoms with Crippen molar-refractivity contribution in [2.75, 3.05) is 5.73 Å². The third kappa shape index (κ3) is 1.53. The van der Waals surface area contributed by atoms with Crippen LogP contribution in [0.4, 0.5) is 5.69 Å². The molecule has 0 spiro atoms. The molecule has 0 radical (unpaired) electrons. The normalized spacial score (nSPS) is 11.0. The molecule has 74 valence electrons. The first-order valence-corrected chi connectivity index (χ1v) is 4.88. The summed E-state index contributed by atoms with van der Waals surface area (Å²) in [4.78, 5) is 4.32. The van der Waals surface area contributed by atoms with Crippen molar-refractivity contribution in [2.24, 2.45) is 0 Å². The summed E-state index contributed by atoms with van der Waals surface area (Å²) < 4.78 is 1.66. The minimum absolute atomic E-state index is 0.520. The van der Waals surface area contributed by atoms with Gasteiger partial charge in [0.05, 0.1) is 16.9 Å². The Hall–Kier alpha value is -1.29. The summed E-state index contributed by atoms with van der Waals surface area (Å²) in [5.74, 6) is 0.828. The van der Waals surface area contributed by atoms with E-state index >= 15 is 0 Å². The molecule has 4 nitrogen and oxygen atoms in total. The van der Waals surface area contributed by atoms with Gasteiger partial charge in [0.15, 0.2) is 11.5 Å². The quantitative estimate of drug-likeness (QED) is 0.824. The van der Waals surface area contributed by atoms with Crippen molar-refractivity contribution in [2.45, 2.75) is 19.8 Å². The van der Waals surface area contributed by atoms with Crippen LogP contribution >= 0.6 is 11.6 Å². The topological polar surface area (TPSA) is 56.2 Å². The van der Waals surface area contributed by atoms with E-state index in [4.69, 9.17) is 17.3 Å². The first-order chi connectivity index (χ1) is 6.70. The van der Waals surface area contributed by atoms with Crippen LogP contribution < -0.4 is 5.73 Å². The van der Waals surface area contributed by atoms with Gasteiger partial charge < -0.3 is 5.73 Å². The summed E-state index contributed by atoms with van der Waals surface area (Å²) >= 11 is 5.87. The van der Waals surface area contributed by atoms with Crippen LogP contribution in [0, 0.1) is 0 Å². The van der Waals surface area contributed by atoms with Gasteiger partial charge in [-0.15, -0.1) is 0 Å². The number of hydrogen-bond donors (Lipinski definition) is 1. The summed E-state index contributed by atoms with van der Waals surface area (Å²) in [6.07, 6.45) is 3.59. The minimum Gasteiger partial charge on any atom is -0.396 e. The number of anilines is 1. The molecule has 0 aliphatic rings. The largest absolute Gasteiger partial charge is 0.396 e. The van der Waals surface area contributed by atoms with E-state index in [1.165, 1.54) is 0 Å². The number of halogens is 1. The van der Waals surface area contributed by atoms with Gasteiger partial charge in [-0.25, -0.2) is 9.50 Å². The monoisotopic (exact) mass is 210 g/mol. The van der Waals surface area contributed by atoms with Crippen LogP contribution in [0.25, 0.3) is 5.65 Å². The van der Waals surface area contributed by atoms with Crippen molar-refractivity contribution < 1.29 is 0 Å². The predicted octanol–water partition coefficient (Wildman–Crippen LogP) is 1.92. The van der Waals surface area contributed by atoms with Crippen LogP contribution in [0.15, 0.2) is 12.3 Å². The summed E-state index contributed by atoms with van der Waals surface area (Å²) in [5.41, 5.74) is 6.91. The molecular weight excluding hydrogens is 200 g/mol. The minimum atomic E-state index is 0.520. The summed E-state index contributed by atoms with van der Waals surface area (Å²) in [6, 6.07) is 1.73. The number of pyridine rings is 1. The fourth-order valence-corrected chi connectivity index (χ4v) is 1.44. The second-order valence-electron chi connectivity index (χ2n) is 3.16. The van der Waals surface area contributed by atoms with Crippen molar-refractivity contribution in [3.8, 4) is 0 Å². The molecule has 0 saturated heterocycles. The Morgan fingerprint density at radius 2 is 2.36 bits per heavy atom. The van der Waals surface area contributed by atoms with E-state index in [9.17, 15) is 0 Å². The molecule has 14 heavy (non-hydrogen) atoms. The first-order valence-electron chi connectivity index (χ1n) is 4.51. The summed E-state index contributed by atoms with van der Waals surface area (Å²) in [7, 11) is 0. The van der Waals surface area contributed by atoms with Crippen LogP contribution in [0.2, 0.25) is 5.02 Å². The Balaban J connectivity index is 2.54. The Labute approximate surface area is 86.7 Å². The highest BCUT2D eigenvalue weighted by atomic mass is 35.5. The molecule has 0 unspecified atom stereocenters. The van der Waals surface area contributed by atoms with Gasteiger partial charge in [-0.2, -0.15) is 5.10 Å². The van der Waals surface area contributed by atoms with E-state index in [1.54, 1.807) is 16.8 Å². The predicted molar refractivity (Wildman–Crippen MR) is 56.4 cm³/mol. The van der Waals surface area contributed by atoms with E-state index in [2.05, 4.69) is 17.0 Å². The highest BCUT2D eigenvalue weighted by Gasteiger charge is 2.05. The van der Waals surface area contributed by atoms with Crippen LogP contribution in [-0.2, 0) is 6.42 Å². The number of rotatable bonds is 2. The van der Waals surface area contributed by atoms with Gasteiger partial charge in [0, 0.05) is 12.5 Å². The number of hydrogen-bond acceptors (Lipinski definition) is 3. The van der Waals surface area contributed by atoms with Crippen molar-refractivity contribution >= 4 is 22.9 Å². The second-order valence-corrected chi connectivity index (χ2v) is 3.56. The molecule has 2 N–H and O–H groups in total. The van der Waals surface area contributed by atoms with Gasteiger partial charge in [-0.1, -0.05) is 18.5 Å². The van der Waals surface area contributed by atoms with Gasteiger partial charge in [-0.3, -0.25) is 0 Å². The maximum Gasteiger partial charge on any atom is 0.157 e. The highest BCUT2D eigenvalue weighted by molar-refractivity contribution is 6.33. The molecular formula is C9H11ClN4.